The fourth-order valence-corrected chi connectivity index (χ4v) is 3.13. The number of rotatable bonds is 5. The molecule has 4 atom stereocenters. The molecule has 0 aromatic heterocycles. The molecule has 3 heterocycles. The molecule has 2 saturated heterocycles. The highest BCUT2D eigenvalue weighted by Gasteiger charge is 2.32. The van der Waals surface area contributed by atoms with Crippen molar-refractivity contribution in [3.05, 3.63) is 41.5 Å². The number of aromatic hydroxyl groups is 4. The average molecular weight is 420 g/mol. The Balaban J connectivity index is 0.000000200. The molecule has 0 bridgehead atoms. The van der Waals surface area contributed by atoms with Gasteiger partial charge in [0, 0.05) is 24.1 Å². The molecule has 0 aliphatic carbocycles. The minimum atomic E-state index is -0.933. The normalized spacial score (nSPS) is 26.0. The van der Waals surface area contributed by atoms with E-state index in [0.29, 0.717) is 23.3 Å². The van der Waals surface area contributed by atoms with E-state index in [4.69, 9.17) is 18.9 Å². The lowest BCUT2D eigenvalue weighted by Crippen LogP contribution is -2.30. The summed E-state index contributed by atoms with van der Waals surface area (Å²) in [5.74, 6) is -0.589. The summed E-state index contributed by atoms with van der Waals surface area (Å²) in [7, 11) is 0. The van der Waals surface area contributed by atoms with Crippen molar-refractivity contribution in [2.24, 2.45) is 0 Å². The average Bonchev–Trinajstić information content (AvgIpc) is 3.61. The summed E-state index contributed by atoms with van der Waals surface area (Å²) in [6.07, 6.45) is -0.775. The van der Waals surface area contributed by atoms with Gasteiger partial charge in [0.2, 0.25) is 0 Å². The van der Waals surface area contributed by atoms with Crippen LogP contribution in [0.1, 0.15) is 17.2 Å². The maximum Gasteiger partial charge on any atom is 0.157 e. The van der Waals surface area contributed by atoms with Gasteiger partial charge < -0.3 is 44.5 Å². The maximum atomic E-state index is 10.2. The zero-order chi connectivity index (χ0) is 21.3. The Hall–Kier alpha value is -2.72. The molecule has 30 heavy (non-hydrogen) atoms. The zero-order valence-electron chi connectivity index (χ0n) is 16.1. The Bertz CT molecular complexity index is 880. The van der Waals surface area contributed by atoms with Crippen LogP contribution in [0.2, 0.25) is 0 Å². The van der Waals surface area contributed by atoms with Gasteiger partial charge in [0.15, 0.2) is 11.5 Å². The van der Waals surface area contributed by atoms with E-state index in [1.165, 1.54) is 30.3 Å². The molecule has 0 amide bonds. The smallest absolute Gasteiger partial charge is 0.157 e. The zero-order valence-corrected chi connectivity index (χ0v) is 16.1. The van der Waals surface area contributed by atoms with Crippen LogP contribution in [-0.2, 0) is 20.6 Å². The molecule has 9 heteroatoms. The summed E-state index contributed by atoms with van der Waals surface area (Å²) in [6, 6.07) is 6.67. The first kappa shape index (κ1) is 20.5. The third kappa shape index (κ3) is 5.06. The quantitative estimate of drug-likeness (QED) is 0.357. The van der Waals surface area contributed by atoms with Crippen molar-refractivity contribution >= 4 is 0 Å². The van der Waals surface area contributed by atoms with E-state index in [-0.39, 0.29) is 35.2 Å². The largest absolute Gasteiger partial charge is 0.508 e. The van der Waals surface area contributed by atoms with E-state index in [0.717, 1.165) is 26.4 Å². The molecule has 5 rings (SSSR count). The van der Waals surface area contributed by atoms with Gasteiger partial charge in [-0.1, -0.05) is 6.07 Å². The standard InChI is InChI=1S/C15H14O6.C6H10O3/c16-8-4-11(18)9-6-13(20)15(21-14(9)5-8)7-1-2-10(17)12(19)3-7;1(5-3-8-5)7-2-6-4-9-6/h1-5,13,15-20H,6H2;5-6H,1-4H2/t13-,15+;/m0./s1. The van der Waals surface area contributed by atoms with Crippen molar-refractivity contribution < 1.29 is 44.5 Å². The highest BCUT2D eigenvalue weighted by molar-refractivity contribution is 5.52. The van der Waals surface area contributed by atoms with Crippen molar-refractivity contribution in [2.75, 3.05) is 26.4 Å². The molecule has 0 saturated carbocycles. The second kappa shape index (κ2) is 8.57. The number of benzene rings is 2. The number of ether oxygens (including phenoxy) is 4. The lowest BCUT2D eigenvalue weighted by atomic mass is 9.94. The van der Waals surface area contributed by atoms with Crippen LogP contribution in [0.3, 0.4) is 0 Å². The van der Waals surface area contributed by atoms with Crippen LogP contribution in [0.5, 0.6) is 28.7 Å². The number of fused-ring (bicyclic) bond motifs is 1. The molecule has 3 aliphatic rings. The minimum Gasteiger partial charge on any atom is -0.508 e. The van der Waals surface area contributed by atoms with Gasteiger partial charge in [-0.3, -0.25) is 0 Å². The van der Waals surface area contributed by atoms with Gasteiger partial charge in [-0.2, -0.15) is 0 Å². The van der Waals surface area contributed by atoms with Crippen molar-refractivity contribution in [1.29, 1.82) is 0 Å². The number of hydrogen-bond acceptors (Lipinski definition) is 9. The van der Waals surface area contributed by atoms with Crippen LogP contribution in [0.4, 0.5) is 0 Å². The summed E-state index contributed by atoms with van der Waals surface area (Å²) in [6.45, 7) is 3.26. The lowest BCUT2D eigenvalue weighted by molar-refractivity contribution is 0.0197. The van der Waals surface area contributed by atoms with Gasteiger partial charge in [-0.05, 0) is 17.7 Å². The number of phenolic OH excluding ortho intramolecular Hbond substituents is 4. The van der Waals surface area contributed by atoms with E-state index < -0.39 is 12.2 Å². The molecule has 9 nitrogen and oxygen atoms in total. The molecule has 2 aromatic carbocycles. The highest BCUT2D eigenvalue weighted by Crippen LogP contribution is 2.42. The molecule has 3 aliphatic heterocycles. The predicted molar refractivity (Wildman–Crippen MR) is 103 cm³/mol. The Labute approximate surface area is 172 Å². The second-order valence-corrected chi connectivity index (χ2v) is 7.45. The van der Waals surface area contributed by atoms with Crippen LogP contribution in [0.15, 0.2) is 30.3 Å². The van der Waals surface area contributed by atoms with E-state index in [2.05, 4.69) is 0 Å². The van der Waals surface area contributed by atoms with Crippen molar-refractivity contribution in [1.82, 2.24) is 0 Å². The number of hydrogen-bond donors (Lipinski definition) is 5. The molecule has 5 N–H and O–H groups in total. The van der Waals surface area contributed by atoms with Crippen LogP contribution in [0.25, 0.3) is 0 Å². The molecule has 2 fully saturated rings. The molecular formula is C21H24O9. The number of epoxide rings is 2. The third-order valence-corrected chi connectivity index (χ3v) is 4.93. The van der Waals surface area contributed by atoms with Crippen molar-refractivity contribution in [3.8, 4) is 28.7 Å². The first-order valence-corrected chi connectivity index (χ1v) is 9.63. The number of aliphatic hydroxyl groups excluding tert-OH is 1. The van der Waals surface area contributed by atoms with E-state index in [1.54, 1.807) is 0 Å². The van der Waals surface area contributed by atoms with Gasteiger partial charge in [-0.15, -0.1) is 0 Å². The monoisotopic (exact) mass is 420 g/mol. The Morgan fingerprint density at radius 3 is 2.13 bits per heavy atom. The Morgan fingerprint density at radius 2 is 1.53 bits per heavy atom. The SMILES string of the molecule is C(OCC1CO1)C1CO1.Oc1cc(O)c2c(c1)O[C@H](c1ccc(O)c(O)c1)[C@@H](O)C2. The molecule has 2 unspecified atom stereocenters. The summed E-state index contributed by atoms with van der Waals surface area (Å²) < 4.78 is 20.7. The molecular weight excluding hydrogens is 396 g/mol. The van der Waals surface area contributed by atoms with Gasteiger partial charge in [0.05, 0.1) is 32.5 Å². The summed E-state index contributed by atoms with van der Waals surface area (Å²) in [4.78, 5) is 0. The Kier molecular flexibility index (Phi) is 5.87. The van der Waals surface area contributed by atoms with E-state index >= 15 is 0 Å². The fourth-order valence-electron chi connectivity index (χ4n) is 3.13. The predicted octanol–water partition coefficient (Wildman–Crippen LogP) is 1.35. The second-order valence-electron chi connectivity index (χ2n) is 7.45. The van der Waals surface area contributed by atoms with E-state index in [9.17, 15) is 25.5 Å². The Morgan fingerprint density at radius 1 is 0.867 bits per heavy atom. The van der Waals surface area contributed by atoms with Gasteiger partial charge >= 0.3 is 0 Å². The molecule has 0 spiro atoms. The number of aliphatic hydroxyl groups is 1. The maximum absolute atomic E-state index is 10.2. The number of phenols is 4. The minimum absolute atomic E-state index is 0.143. The lowest BCUT2D eigenvalue weighted by Gasteiger charge is -2.31. The van der Waals surface area contributed by atoms with Crippen molar-refractivity contribution in [2.45, 2.75) is 30.8 Å². The molecule has 0 radical (unpaired) electrons. The topological polar surface area (TPSA) is 145 Å². The van der Waals surface area contributed by atoms with Crippen LogP contribution < -0.4 is 4.74 Å². The van der Waals surface area contributed by atoms with Crippen LogP contribution >= 0.6 is 0 Å². The van der Waals surface area contributed by atoms with E-state index in [1.807, 2.05) is 0 Å². The van der Waals surface area contributed by atoms with Gasteiger partial charge in [-0.25, -0.2) is 0 Å². The third-order valence-electron chi connectivity index (χ3n) is 4.93. The first-order valence-electron chi connectivity index (χ1n) is 9.63. The van der Waals surface area contributed by atoms with Crippen molar-refractivity contribution in [3.63, 3.8) is 0 Å². The first-order chi connectivity index (χ1) is 14.4. The van der Waals surface area contributed by atoms with Gasteiger partial charge in [0.25, 0.3) is 0 Å². The highest BCUT2D eigenvalue weighted by atomic mass is 16.6. The molecule has 2 aromatic rings. The summed E-state index contributed by atoms with van der Waals surface area (Å²) in [5, 5.41) is 48.3. The van der Waals surface area contributed by atoms with Gasteiger partial charge in [0.1, 0.15) is 35.6 Å². The summed E-state index contributed by atoms with van der Waals surface area (Å²) in [5.41, 5.74) is 0.894. The molecule has 162 valence electrons. The fraction of sp³-hybridized carbons (Fsp3) is 0.429. The van der Waals surface area contributed by atoms with Crippen LogP contribution in [-0.4, -0.2) is 70.3 Å². The van der Waals surface area contributed by atoms with Crippen LogP contribution in [0, 0.1) is 0 Å². The summed E-state index contributed by atoms with van der Waals surface area (Å²) >= 11 is 0.